The van der Waals surface area contributed by atoms with Crippen LogP contribution in [0.15, 0.2) is 0 Å². The lowest BCUT2D eigenvalue weighted by Gasteiger charge is -2.16. The molecule has 0 aliphatic carbocycles. The van der Waals surface area contributed by atoms with Gasteiger partial charge < -0.3 is 4.74 Å². The van der Waals surface area contributed by atoms with Gasteiger partial charge >= 0.3 is 5.97 Å². The number of hydrogen-bond donors (Lipinski definition) is 1. The Morgan fingerprint density at radius 3 is 2.82 bits per heavy atom. The van der Waals surface area contributed by atoms with Gasteiger partial charge in [0.25, 0.3) is 0 Å². The van der Waals surface area contributed by atoms with Crippen LogP contribution in [0.1, 0.15) is 20.3 Å². The van der Waals surface area contributed by atoms with Gasteiger partial charge in [-0.05, 0) is 13.3 Å². The summed E-state index contributed by atoms with van der Waals surface area (Å²) in [7, 11) is 2.43. The van der Waals surface area contributed by atoms with Crippen molar-refractivity contribution in [3.8, 4) is 0 Å². The van der Waals surface area contributed by atoms with Crippen LogP contribution in [0.25, 0.3) is 0 Å². The monoisotopic (exact) mass is 175 g/mol. The topological polar surface area (TPSA) is 38.3 Å². The molecule has 0 radical (unpaired) electrons. The number of rotatable bonds is 2. The fourth-order valence-electron chi connectivity index (χ4n) is 1.17. The fraction of sp³-hybridized carbons (Fsp3) is 0.857. The predicted molar refractivity (Wildman–Crippen MR) is 46.0 cm³/mol. The van der Waals surface area contributed by atoms with E-state index in [0.29, 0.717) is 0 Å². The Kier molecular flexibility index (Phi) is 2.85. The van der Waals surface area contributed by atoms with Gasteiger partial charge in [0, 0.05) is 6.04 Å². The third-order valence-electron chi connectivity index (χ3n) is 2.08. The molecule has 64 valence electrons. The van der Waals surface area contributed by atoms with E-state index in [4.69, 9.17) is 4.74 Å². The first-order valence-electron chi connectivity index (χ1n) is 3.81. The van der Waals surface area contributed by atoms with Crippen molar-refractivity contribution < 1.29 is 9.53 Å². The quantitative estimate of drug-likeness (QED) is 0.496. The van der Waals surface area contributed by atoms with Crippen molar-refractivity contribution >= 4 is 15.4 Å². The number of hydrogen-bond acceptors (Lipinski definition) is 3. The largest absolute Gasteiger partial charge is 0.460 e. The van der Waals surface area contributed by atoms with E-state index in [0.717, 1.165) is 6.42 Å². The molecule has 1 fully saturated rings. The minimum absolute atomic E-state index is 0.0509. The molecule has 1 rings (SSSR count). The van der Waals surface area contributed by atoms with Gasteiger partial charge in [-0.1, -0.05) is 16.3 Å². The van der Waals surface area contributed by atoms with Crippen molar-refractivity contribution in [3.05, 3.63) is 0 Å². The molecular weight excluding hydrogens is 161 g/mol. The van der Waals surface area contributed by atoms with Crippen LogP contribution in [0.4, 0.5) is 0 Å². The van der Waals surface area contributed by atoms with E-state index in [1.165, 1.54) is 0 Å². The average molecular weight is 175 g/mol. The minimum atomic E-state index is -0.0675. The maximum Gasteiger partial charge on any atom is 0.309 e. The van der Waals surface area contributed by atoms with Crippen molar-refractivity contribution in [1.82, 2.24) is 5.09 Å². The Bertz CT molecular complexity index is 163. The summed E-state index contributed by atoms with van der Waals surface area (Å²) in [6.07, 6.45) is 0.886. The number of cyclic esters (lactones) is 1. The van der Waals surface area contributed by atoms with Crippen molar-refractivity contribution in [2.45, 2.75) is 32.4 Å². The standard InChI is InChI=1S/C7H14NO2P/c1-4-3-6(5(2)8-11)10-7(4)9/h4-6,8H,3,11H2,1-2H3. The van der Waals surface area contributed by atoms with E-state index in [2.05, 4.69) is 14.5 Å². The highest BCUT2D eigenvalue weighted by Gasteiger charge is 2.33. The van der Waals surface area contributed by atoms with E-state index in [9.17, 15) is 4.79 Å². The fourth-order valence-corrected chi connectivity index (χ4v) is 1.39. The van der Waals surface area contributed by atoms with E-state index in [1.807, 2.05) is 13.8 Å². The SMILES string of the molecule is CC1CC(C(C)NP)OC1=O. The van der Waals surface area contributed by atoms with Crippen LogP contribution in [0.5, 0.6) is 0 Å². The van der Waals surface area contributed by atoms with Gasteiger partial charge in [-0.2, -0.15) is 0 Å². The number of ether oxygens (including phenoxy) is 1. The summed E-state index contributed by atoms with van der Waals surface area (Å²) in [6, 6.07) is 0.230. The van der Waals surface area contributed by atoms with Crippen molar-refractivity contribution in [2.75, 3.05) is 0 Å². The number of esters is 1. The summed E-state index contributed by atoms with van der Waals surface area (Å²) in [6.45, 7) is 3.90. The van der Waals surface area contributed by atoms with Crippen LogP contribution in [0.2, 0.25) is 0 Å². The number of carbonyl (C=O) groups is 1. The number of nitrogens with one attached hydrogen (secondary N) is 1. The van der Waals surface area contributed by atoms with Gasteiger partial charge in [0.2, 0.25) is 0 Å². The Morgan fingerprint density at radius 2 is 2.45 bits per heavy atom. The molecule has 1 aliphatic rings. The molecule has 1 saturated heterocycles. The summed E-state index contributed by atoms with van der Waals surface area (Å²) in [5.74, 6) is 0.00269. The molecule has 4 atom stereocenters. The first-order valence-corrected chi connectivity index (χ1v) is 4.39. The first kappa shape index (κ1) is 8.95. The molecule has 1 heterocycles. The van der Waals surface area contributed by atoms with Crippen molar-refractivity contribution in [3.63, 3.8) is 0 Å². The zero-order chi connectivity index (χ0) is 8.43. The van der Waals surface area contributed by atoms with E-state index in [-0.39, 0.29) is 24.0 Å². The lowest BCUT2D eigenvalue weighted by atomic mass is 10.0. The summed E-state index contributed by atoms with van der Waals surface area (Å²) < 4.78 is 5.11. The highest BCUT2D eigenvalue weighted by atomic mass is 31.0. The summed E-state index contributed by atoms with van der Waals surface area (Å²) in [4.78, 5) is 10.9. The summed E-state index contributed by atoms with van der Waals surface area (Å²) >= 11 is 0. The maximum absolute atomic E-state index is 10.9. The zero-order valence-electron chi connectivity index (χ0n) is 6.83. The molecule has 4 unspecified atom stereocenters. The van der Waals surface area contributed by atoms with Crippen LogP contribution >= 0.6 is 9.39 Å². The molecule has 1 aliphatic heterocycles. The Morgan fingerprint density at radius 1 is 1.82 bits per heavy atom. The third kappa shape index (κ3) is 1.91. The molecule has 4 heteroatoms. The minimum Gasteiger partial charge on any atom is -0.460 e. The van der Waals surface area contributed by atoms with Crippen LogP contribution < -0.4 is 5.09 Å². The second-order valence-electron chi connectivity index (χ2n) is 3.07. The predicted octanol–water partition coefficient (Wildman–Crippen LogP) is 0.706. The molecule has 0 spiro atoms. The van der Waals surface area contributed by atoms with E-state index in [1.54, 1.807) is 0 Å². The molecule has 3 nitrogen and oxygen atoms in total. The van der Waals surface area contributed by atoms with E-state index < -0.39 is 0 Å². The molecule has 1 N–H and O–H groups in total. The molecule has 0 bridgehead atoms. The smallest absolute Gasteiger partial charge is 0.309 e. The molecular formula is C7H14NO2P. The number of carbonyl (C=O) groups excluding carboxylic acids is 1. The Balaban J connectivity index is 2.46. The summed E-state index contributed by atoms with van der Waals surface area (Å²) in [5.41, 5.74) is 0. The van der Waals surface area contributed by atoms with Crippen LogP contribution in [-0.2, 0) is 9.53 Å². The second kappa shape index (κ2) is 3.51. The second-order valence-corrected chi connectivity index (χ2v) is 3.40. The molecule has 0 aromatic carbocycles. The van der Waals surface area contributed by atoms with Gasteiger partial charge in [-0.25, -0.2) is 0 Å². The lowest BCUT2D eigenvalue weighted by molar-refractivity contribution is -0.144. The van der Waals surface area contributed by atoms with Crippen molar-refractivity contribution in [2.24, 2.45) is 5.92 Å². The van der Waals surface area contributed by atoms with Crippen LogP contribution in [-0.4, -0.2) is 18.1 Å². The van der Waals surface area contributed by atoms with Gasteiger partial charge in [-0.3, -0.25) is 9.88 Å². The maximum atomic E-state index is 10.9. The van der Waals surface area contributed by atoms with Gasteiger partial charge in [-0.15, -0.1) is 0 Å². The molecule has 0 saturated carbocycles. The van der Waals surface area contributed by atoms with Gasteiger partial charge in [0.15, 0.2) is 0 Å². The highest BCUT2D eigenvalue weighted by molar-refractivity contribution is 7.13. The molecule has 0 amide bonds. The van der Waals surface area contributed by atoms with Crippen LogP contribution in [0.3, 0.4) is 0 Å². The van der Waals surface area contributed by atoms with E-state index >= 15 is 0 Å². The highest BCUT2D eigenvalue weighted by Crippen LogP contribution is 2.22. The third-order valence-corrected chi connectivity index (χ3v) is 2.60. The summed E-state index contributed by atoms with van der Waals surface area (Å²) in [5, 5.41) is 2.99. The van der Waals surface area contributed by atoms with Crippen molar-refractivity contribution in [1.29, 1.82) is 0 Å². The first-order chi connectivity index (χ1) is 5.15. The lowest BCUT2D eigenvalue weighted by Crippen LogP contribution is -2.31. The van der Waals surface area contributed by atoms with Gasteiger partial charge in [0.05, 0.1) is 5.92 Å². The van der Waals surface area contributed by atoms with Gasteiger partial charge in [0.1, 0.15) is 6.10 Å². The Hall–Kier alpha value is -0.140. The molecule has 11 heavy (non-hydrogen) atoms. The average Bonchev–Trinajstić information content (AvgIpc) is 2.31. The zero-order valence-corrected chi connectivity index (χ0v) is 7.99. The van der Waals surface area contributed by atoms with Crippen LogP contribution in [0, 0.1) is 5.92 Å². The molecule has 0 aromatic heterocycles. The Labute approximate surface area is 69.1 Å². The molecule has 0 aromatic rings. The normalized spacial score (nSPS) is 33.5.